The zero-order valence-corrected chi connectivity index (χ0v) is 8.08. The van der Waals surface area contributed by atoms with E-state index in [9.17, 15) is 4.79 Å². The zero-order chi connectivity index (χ0) is 7.65. The molecule has 0 amide bonds. The van der Waals surface area contributed by atoms with Crippen molar-refractivity contribution in [2.45, 2.75) is 25.6 Å². The summed E-state index contributed by atoms with van der Waals surface area (Å²) in [5, 5.41) is -0.331. The maximum Gasteiger partial charge on any atom is 0.235 e. The van der Waals surface area contributed by atoms with Crippen LogP contribution in [0.3, 0.4) is 0 Å². The van der Waals surface area contributed by atoms with Crippen LogP contribution in [-0.4, -0.2) is 10.1 Å². The largest absolute Gasteiger partial charge is 0.280 e. The molecule has 1 atom stereocenters. The van der Waals surface area contributed by atoms with Gasteiger partial charge in [-0.2, -0.15) is 0 Å². The Kier molecular flexibility index (Phi) is 3.17. The molecular formula is C6H10BrClO. The smallest absolute Gasteiger partial charge is 0.235 e. The Labute approximate surface area is 68.9 Å². The predicted octanol–water partition coefficient (Wildman–Crippen LogP) is 2.56. The summed E-state index contributed by atoms with van der Waals surface area (Å²) in [5.41, 5.74) is -0.0845. The lowest BCUT2D eigenvalue weighted by atomic mass is 9.93. The van der Waals surface area contributed by atoms with Crippen LogP contribution in [0.2, 0.25) is 0 Å². The van der Waals surface area contributed by atoms with Gasteiger partial charge in [0.15, 0.2) is 0 Å². The van der Waals surface area contributed by atoms with Gasteiger partial charge in [0.2, 0.25) is 5.24 Å². The van der Waals surface area contributed by atoms with Crippen molar-refractivity contribution in [1.82, 2.24) is 0 Å². The predicted molar refractivity (Wildman–Crippen MR) is 43.0 cm³/mol. The summed E-state index contributed by atoms with van der Waals surface area (Å²) in [5.74, 6) is 0. The first-order chi connectivity index (χ1) is 3.85. The Morgan fingerprint density at radius 1 is 1.56 bits per heavy atom. The van der Waals surface area contributed by atoms with Gasteiger partial charge >= 0.3 is 0 Å². The molecule has 0 heterocycles. The van der Waals surface area contributed by atoms with Gasteiger partial charge in [-0.25, -0.2) is 0 Å². The number of carbonyl (C=O) groups is 1. The third-order valence-corrected chi connectivity index (χ3v) is 3.23. The molecule has 0 spiro atoms. The third kappa shape index (κ3) is 3.21. The molecular weight excluding hydrogens is 203 g/mol. The minimum atomic E-state index is -0.331. The van der Waals surface area contributed by atoms with E-state index in [1.165, 1.54) is 0 Å². The van der Waals surface area contributed by atoms with E-state index in [4.69, 9.17) is 11.6 Å². The summed E-state index contributed by atoms with van der Waals surface area (Å²) in [6.45, 7) is 5.85. The first-order valence-electron chi connectivity index (χ1n) is 2.69. The molecule has 3 heteroatoms. The molecule has 0 aromatic carbocycles. The Bertz CT molecular complexity index is 117. The fourth-order valence-electron chi connectivity index (χ4n) is 0.340. The van der Waals surface area contributed by atoms with Crippen molar-refractivity contribution in [2.24, 2.45) is 5.41 Å². The first-order valence-corrected chi connectivity index (χ1v) is 3.98. The lowest BCUT2D eigenvalue weighted by Crippen LogP contribution is -2.25. The fraction of sp³-hybridized carbons (Fsp3) is 0.833. The average molecular weight is 214 g/mol. The standard InChI is InChI=1S/C6H10BrClO/c1-6(2,3)4(7)5(8)9/h4H,1-3H3/t4-/m1/s1. The van der Waals surface area contributed by atoms with Gasteiger partial charge < -0.3 is 0 Å². The van der Waals surface area contributed by atoms with Gasteiger partial charge in [-0.15, -0.1) is 0 Å². The molecule has 0 saturated heterocycles. The second kappa shape index (κ2) is 3.02. The summed E-state index contributed by atoms with van der Waals surface area (Å²) in [7, 11) is 0. The van der Waals surface area contributed by atoms with Crippen LogP contribution in [0, 0.1) is 5.41 Å². The normalized spacial score (nSPS) is 15.2. The van der Waals surface area contributed by atoms with Crippen LogP contribution in [0.25, 0.3) is 0 Å². The van der Waals surface area contributed by atoms with Crippen molar-refractivity contribution < 1.29 is 4.79 Å². The number of hydrogen-bond acceptors (Lipinski definition) is 1. The van der Waals surface area contributed by atoms with Crippen LogP contribution in [0.5, 0.6) is 0 Å². The molecule has 0 aromatic rings. The Morgan fingerprint density at radius 2 is 1.89 bits per heavy atom. The summed E-state index contributed by atoms with van der Waals surface area (Å²) in [6, 6.07) is 0. The van der Waals surface area contributed by atoms with Crippen LogP contribution >= 0.6 is 27.5 Å². The van der Waals surface area contributed by atoms with Crippen molar-refractivity contribution in [3.05, 3.63) is 0 Å². The molecule has 0 radical (unpaired) electrons. The van der Waals surface area contributed by atoms with E-state index < -0.39 is 0 Å². The number of alkyl halides is 1. The number of halogens is 2. The molecule has 0 aliphatic rings. The van der Waals surface area contributed by atoms with Gasteiger partial charge in [-0.05, 0) is 17.0 Å². The topological polar surface area (TPSA) is 17.1 Å². The Balaban J connectivity index is 4.04. The average Bonchev–Trinajstić information content (AvgIpc) is 1.62. The molecule has 1 nitrogen and oxygen atoms in total. The molecule has 0 fully saturated rings. The fourth-order valence-corrected chi connectivity index (χ4v) is 0.668. The highest BCUT2D eigenvalue weighted by Gasteiger charge is 2.26. The summed E-state index contributed by atoms with van der Waals surface area (Å²) < 4.78 is 0. The molecule has 0 rings (SSSR count). The third-order valence-electron chi connectivity index (χ3n) is 0.960. The van der Waals surface area contributed by atoms with E-state index in [0.717, 1.165) is 0 Å². The molecule has 0 unspecified atom stereocenters. The van der Waals surface area contributed by atoms with Gasteiger partial charge in [0.05, 0.1) is 4.83 Å². The highest BCUT2D eigenvalue weighted by Crippen LogP contribution is 2.27. The lowest BCUT2D eigenvalue weighted by Gasteiger charge is -2.21. The molecule has 0 N–H and O–H groups in total. The van der Waals surface area contributed by atoms with Gasteiger partial charge in [-0.3, -0.25) is 4.79 Å². The molecule has 0 bridgehead atoms. The Hall–Kier alpha value is 0.440. The van der Waals surface area contributed by atoms with Crippen molar-refractivity contribution in [3.8, 4) is 0 Å². The van der Waals surface area contributed by atoms with Crippen molar-refractivity contribution in [1.29, 1.82) is 0 Å². The molecule has 0 aromatic heterocycles. The lowest BCUT2D eigenvalue weighted by molar-refractivity contribution is -0.112. The van der Waals surface area contributed by atoms with Gasteiger partial charge in [0.25, 0.3) is 0 Å². The van der Waals surface area contributed by atoms with E-state index in [-0.39, 0.29) is 15.5 Å². The maximum atomic E-state index is 10.5. The maximum absolute atomic E-state index is 10.5. The van der Waals surface area contributed by atoms with Crippen molar-refractivity contribution in [3.63, 3.8) is 0 Å². The van der Waals surface area contributed by atoms with E-state index in [1.807, 2.05) is 20.8 Å². The summed E-state index contributed by atoms with van der Waals surface area (Å²) in [6.07, 6.45) is 0. The summed E-state index contributed by atoms with van der Waals surface area (Å²) in [4.78, 5) is 10.3. The molecule has 0 aliphatic carbocycles. The minimum Gasteiger partial charge on any atom is -0.280 e. The highest BCUT2D eigenvalue weighted by atomic mass is 79.9. The zero-order valence-electron chi connectivity index (χ0n) is 5.74. The quantitative estimate of drug-likeness (QED) is 0.483. The molecule has 0 saturated carbocycles. The second-order valence-corrected chi connectivity index (χ2v) is 4.32. The minimum absolute atomic E-state index is 0.0845. The van der Waals surface area contributed by atoms with Crippen molar-refractivity contribution >= 4 is 32.8 Å². The number of rotatable bonds is 1. The van der Waals surface area contributed by atoms with Gasteiger partial charge in [0.1, 0.15) is 0 Å². The van der Waals surface area contributed by atoms with Crippen LogP contribution < -0.4 is 0 Å². The van der Waals surface area contributed by atoms with Crippen molar-refractivity contribution in [2.75, 3.05) is 0 Å². The number of hydrogen-bond donors (Lipinski definition) is 0. The highest BCUT2D eigenvalue weighted by molar-refractivity contribution is 9.10. The first kappa shape index (κ1) is 9.44. The van der Waals surface area contributed by atoms with E-state index in [0.29, 0.717) is 0 Å². The summed E-state index contributed by atoms with van der Waals surface area (Å²) >= 11 is 8.41. The molecule has 0 aliphatic heterocycles. The van der Waals surface area contributed by atoms with E-state index in [2.05, 4.69) is 15.9 Å². The van der Waals surface area contributed by atoms with Crippen LogP contribution in [0.1, 0.15) is 20.8 Å². The van der Waals surface area contributed by atoms with Crippen LogP contribution in [0.15, 0.2) is 0 Å². The van der Waals surface area contributed by atoms with E-state index >= 15 is 0 Å². The van der Waals surface area contributed by atoms with Crippen LogP contribution in [-0.2, 0) is 4.79 Å². The van der Waals surface area contributed by atoms with Crippen LogP contribution in [0.4, 0.5) is 0 Å². The van der Waals surface area contributed by atoms with Gasteiger partial charge in [0, 0.05) is 0 Å². The van der Waals surface area contributed by atoms with Gasteiger partial charge in [-0.1, -0.05) is 36.7 Å². The second-order valence-electron chi connectivity index (χ2n) is 3.03. The Morgan fingerprint density at radius 3 is 1.89 bits per heavy atom. The molecule has 9 heavy (non-hydrogen) atoms. The number of carbonyl (C=O) groups excluding carboxylic acids is 1. The molecule has 54 valence electrons. The monoisotopic (exact) mass is 212 g/mol. The SMILES string of the molecule is CC(C)(C)[C@H](Br)C(=O)Cl. The van der Waals surface area contributed by atoms with E-state index in [1.54, 1.807) is 0 Å².